The van der Waals surface area contributed by atoms with Crippen LogP contribution in [-0.4, -0.2) is 0 Å². The van der Waals surface area contributed by atoms with Gasteiger partial charge in [-0.25, -0.2) is 0 Å². The minimum atomic E-state index is 0.340. The fourth-order valence-electron chi connectivity index (χ4n) is 4.80. The molecular formula is C29H38. The molecule has 2 aromatic rings. The average molecular weight is 387 g/mol. The number of hydrogen-bond donors (Lipinski definition) is 0. The van der Waals surface area contributed by atoms with Crippen molar-refractivity contribution >= 4 is 0 Å². The highest BCUT2D eigenvalue weighted by Crippen LogP contribution is 2.48. The zero-order valence-corrected chi connectivity index (χ0v) is 19.1. The Bertz CT molecular complexity index is 853. The van der Waals surface area contributed by atoms with Crippen LogP contribution in [0.25, 0.3) is 0 Å². The van der Waals surface area contributed by atoms with Gasteiger partial charge in [0.15, 0.2) is 0 Å². The highest BCUT2D eigenvalue weighted by molar-refractivity contribution is 5.43. The summed E-state index contributed by atoms with van der Waals surface area (Å²) >= 11 is 0. The number of allylic oxidation sites excluding steroid dienone is 2. The lowest BCUT2D eigenvalue weighted by Crippen LogP contribution is -2.09. The van der Waals surface area contributed by atoms with Gasteiger partial charge in [-0.15, -0.1) is 0 Å². The highest BCUT2D eigenvalue weighted by atomic mass is 14.4. The van der Waals surface area contributed by atoms with Crippen LogP contribution in [0.15, 0.2) is 66.8 Å². The van der Waals surface area contributed by atoms with Crippen molar-refractivity contribution in [2.45, 2.75) is 72.6 Å². The summed E-state index contributed by atoms with van der Waals surface area (Å²) in [4.78, 5) is 0. The summed E-state index contributed by atoms with van der Waals surface area (Å²) in [5.74, 6) is 0.933. The summed E-state index contributed by atoms with van der Waals surface area (Å²) in [5, 5.41) is 0. The molecule has 0 nitrogen and oxygen atoms in total. The summed E-state index contributed by atoms with van der Waals surface area (Å²) in [6, 6.07) is 15.8. The third-order valence-corrected chi connectivity index (χ3v) is 6.68. The maximum absolute atomic E-state index is 4.50. The molecule has 0 amide bonds. The Labute approximate surface area is 178 Å². The maximum atomic E-state index is 4.50. The van der Waals surface area contributed by atoms with Crippen LogP contribution in [-0.2, 0) is 12.8 Å². The monoisotopic (exact) mass is 386 g/mol. The molecule has 0 heterocycles. The first kappa shape index (κ1) is 21.6. The third-order valence-electron chi connectivity index (χ3n) is 6.68. The van der Waals surface area contributed by atoms with Crippen molar-refractivity contribution < 1.29 is 0 Å². The summed E-state index contributed by atoms with van der Waals surface area (Å²) in [6.45, 7) is 20.3. The predicted octanol–water partition coefficient (Wildman–Crippen LogP) is 8.13. The van der Waals surface area contributed by atoms with E-state index in [0.717, 1.165) is 19.3 Å². The largest absolute Gasteiger partial charge is 0.0989 e. The second kappa shape index (κ2) is 8.74. The third kappa shape index (κ3) is 5.30. The minimum Gasteiger partial charge on any atom is -0.0989 e. The molecular weight excluding hydrogens is 348 g/mol. The van der Waals surface area contributed by atoms with E-state index < -0.39 is 0 Å². The molecule has 1 unspecified atom stereocenters. The molecule has 0 saturated heterocycles. The normalized spacial score (nSPS) is 19.8. The summed E-state index contributed by atoms with van der Waals surface area (Å²) in [6.07, 6.45) is 5.77. The Morgan fingerprint density at radius 2 is 1.52 bits per heavy atom. The molecule has 3 rings (SSSR count). The standard InChI is InChI=1S/C29H38/c1-20-9-8-10-21(2)27(20)16-13-24-11-14-25(15-12-24)28-22(3)19-26(23(28)4)17-18-29(5,6)7/h8-12,14-15,26,28H,3-4,13,16-19H2,1-2,5-7H3/t26-,28?/m0/s1. The van der Waals surface area contributed by atoms with Crippen LogP contribution in [0.3, 0.4) is 0 Å². The lowest BCUT2D eigenvalue weighted by atomic mass is 9.83. The van der Waals surface area contributed by atoms with Crippen molar-refractivity contribution in [1.29, 1.82) is 0 Å². The predicted molar refractivity (Wildman–Crippen MR) is 128 cm³/mol. The Balaban J connectivity index is 1.65. The first-order valence-electron chi connectivity index (χ1n) is 11.2. The zero-order chi connectivity index (χ0) is 21.2. The van der Waals surface area contributed by atoms with Crippen molar-refractivity contribution in [1.82, 2.24) is 0 Å². The van der Waals surface area contributed by atoms with E-state index in [4.69, 9.17) is 0 Å². The Morgan fingerprint density at radius 3 is 2.10 bits per heavy atom. The smallest absolute Gasteiger partial charge is 0.0255 e. The fraction of sp³-hybridized carbons (Fsp3) is 0.448. The molecule has 2 aromatic carbocycles. The van der Waals surface area contributed by atoms with E-state index in [-0.39, 0.29) is 0 Å². The van der Waals surface area contributed by atoms with E-state index in [1.165, 1.54) is 51.8 Å². The molecule has 1 aliphatic rings. The molecule has 0 N–H and O–H groups in total. The SMILES string of the molecule is C=C1C[C@H](CCC(C)(C)C)C(=C)C1c1ccc(CCc2c(C)cccc2C)cc1. The zero-order valence-electron chi connectivity index (χ0n) is 19.1. The van der Waals surface area contributed by atoms with E-state index in [2.05, 4.69) is 90.2 Å². The van der Waals surface area contributed by atoms with Crippen LogP contribution >= 0.6 is 0 Å². The van der Waals surface area contributed by atoms with Crippen LogP contribution in [0.4, 0.5) is 0 Å². The average Bonchev–Trinajstić information content (AvgIpc) is 2.93. The molecule has 1 saturated carbocycles. The number of aryl methyl sites for hydroxylation is 3. The molecule has 0 aliphatic heterocycles. The summed E-state index contributed by atoms with van der Waals surface area (Å²) in [7, 11) is 0. The van der Waals surface area contributed by atoms with Crippen molar-refractivity contribution in [2.24, 2.45) is 11.3 Å². The lowest BCUT2D eigenvalue weighted by Gasteiger charge is -2.22. The van der Waals surface area contributed by atoms with Crippen molar-refractivity contribution in [2.75, 3.05) is 0 Å². The molecule has 0 radical (unpaired) electrons. The lowest BCUT2D eigenvalue weighted by molar-refractivity contribution is 0.340. The molecule has 0 bridgehead atoms. The topological polar surface area (TPSA) is 0 Å². The Kier molecular flexibility index (Phi) is 6.52. The molecule has 0 spiro atoms. The van der Waals surface area contributed by atoms with Gasteiger partial charge in [0, 0.05) is 5.92 Å². The highest BCUT2D eigenvalue weighted by Gasteiger charge is 2.33. The second-order valence-electron chi connectivity index (χ2n) is 10.3. The van der Waals surface area contributed by atoms with Gasteiger partial charge in [-0.3, -0.25) is 0 Å². The van der Waals surface area contributed by atoms with Crippen LogP contribution in [0.5, 0.6) is 0 Å². The van der Waals surface area contributed by atoms with Gasteiger partial charge >= 0.3 is 0 Å². The summed E-state index contributed by atoms with van der Waals surface area (Å²) < 4.78 is 0. The van der Waals surface area contributed by atoms with Crippen LogP contribution in [0.1, 0.15) is 73.8 Å². The molecule has 0 heteroatoms. The fourth-order valence-corrected chi connectivity index (χ4v) is 4.80. The number of hydrogen-bond acceptors (Lipinski definition) is 0. The van der Waals surface area contributed by atoms with Gasteiger partial charge in [0.1, 0.15) is 0 Å². The molecule has 1 fully saturated rings. The molecule has 0 aromatic heterocycles. The van der Waals surface area contributed by atoms with Gasteiger partial charge in [0.05, 0.1) is 0 Å². The Morgan fingerprint density at radius 1 is 0.897 bits per heavy atom. The van der Waals surface area contributed by atoms with E-state index in [1.807, 2.05) is 0 Å². The van der Waals surface area contributed by atoms with Crippen LogP contribution in [0, 0.1) is 25.2 Å². The summed E-state index contributed by atoms with van der Waals surface area (Å²) in [5.41, 5.74) is 10.2. The van der Waals surface area contributed by atoms with Gasteiger partial charge in [0.25, 0.3) is 0 Å². The van der Waals surface area contributed by atoms with Crippen LogP contribution < -0.4 is 0 Å². The van der Waals surface area contributed by atoms with Gasteiger partial charge in [-0.2, -0.15) is 0 Å². The Hall–Kier alpha value is -2.08. The minimum absolute atomic E-state index is 0.340. The number of rotatable bonds is 6. The molecule has 1 aliphatic carbocycles. The quantitative estimate of drug-likeness (QED) is 0.440. The molecule has 2 atom stereocenters. The maximum Gasteiger partial charge on any atom is 0.0255 e. The molecule has 29 heavy (non-hydrogen) atoms. The van der Waals surface area contributed by atoms with Crippen molar-refractivity contribution in [3.05, 3.63) is 94.6 Å². The van der Waals surface area contributed by atoms with Crippen LogP contribution in [0.2, 0.25) is 0 Å². The first-order valence-corrected chi connectivity index (χ1v) is 11.2. The molecule has 154 valence electrons. The second-order valence-corrected chi connectivity index (χ2v) is 10.3. The van der Waals surface area contributed by atoms with E-state index in [1.54, 1.807) is 0 Å². The van der Waals surface area contributed by atoms with Gasteiger partial charge in [-0.05, 0) is 85.1 Å². The van der Waals surface area contributed by atoms with E-state index in [0.29, 0.717) is 17.3 Å². The van der Waals surface area contributed by atoms with Gasteiger partial charge < -0.3 is 0 Å². The van der Waals surface area contributed by atoms with Crippen molar-refractivity contribution in [3.8, 4) is 0 Å². The van der Waals surface area contributed by atoms with Crippen molar-refractivity contribution in [3.63, 3.8) is 0 Å². The van der Waals surface area contributed by atoms with Gasteiger partial charge in [-0.1, -0.05) is 87.5 Å². The van der Waals surface area contributed by atoms with Gasteiger partial charge in [0.2, 0.25) is 0 Å². The van der Waals surface area contributed by atoms with E-state index >= 15 is 0 Å². The van der Waals surface area contributed by atoms with E-state index in [9.17, 15) is 0 Å². The number of benzene rings is 2. The first-order chi connectivity index (χ1) is 13.7.